The minimum atomic E-state index is -3.91. The predicted octanol–water partition coefficient (Wildman–Crippen LogP) is 4.61. The van der Waals surface area contributed by atoms with Crippen molar-refractivity contribution in [2.75, 3.05) is 24.3 Å². The summed E-state index contributed by atoms with van der Waals surface area (Å²) in [5.41, 5.74) is 1.64. The Morgan fingerprint density at radius 1 is 0.941 bits per heavy atom. The van der Waals surface area contributed by atoms with E-state index < -0.39 is 16.1 Å². The number of para-hydroxylation sites is 1. The summed E-state index contributed by atoms with van der Waals surface area (Å²) in [5.74, 6) is 1.16. The molecule has 34 heavy (non-hydrogen) atoms. The van der Waals surface area contributed by atoms with Gasteiger partial charge in [-0.1, -0.05) is 25.1 Å². The number of hydrogen-bond acceptors (Lipinski definition) is 6. The molecule has 0 radical (unpaired) electrons. The molecule has 3 aromatic rings. The molecule has 0 fully saturated rings. The van der Waals surface area contributed by atoms with E-state index in [0.717, 1.165) is 5.56 Å². The van der Waals surface area contributed by atoms with Gasteiger partial charge in [-0.25, -0.2) is 8.42 Å². The molecule has 3 aromatic carbocycles. The van der Waals surface area contributed by atoms with Gasteiger partial charge in [0.25, 0.3) is 15.9 Å². The molecule has 0 saturated carbocycles. The van der Waals surface area contributed by atoms with E-state index in [2.05, 4.69) is 10.0 Å². The molecule has 8 nitrogen and oxygen atoms in total. The van der Waals surface area contributed by atoms with Gasteiger partial charge in [-0.3, -0.25) is 9.52 Å². The highest BCUT2D eigenvalue weighted by molar-refractivity contribution is 7.92. The molecule has 9 heteroatoms. The van der Waals surface area contributed by atoms with Crippen LogP contribution < -0.4 is 24.2 Å². The van der Waals surface area contributed by atoms with Crippen molar-refractivity contribution >= 4 is 27.3 Å². The van der Waals surface area contributed by atoms with Gasteiger partial charge in [-0.15, -0.1) is 0 Å². The Morgan fingerprint density at radius 3 is 2.26 bits per heavy atom. The first-order valence-corrected chi connectivity index (χ1v) is 12.1. The van der Waals surface area contributed by atoms with Gasteiger partial charge < -0.3 is 19.5 Å². The number of ether oxygens (including phenoxy) is 3. The number of carbonyl (C=O) groups is 1. The van der Waals surface area contributed by atoms with Crippen molar-refractivity contribution in [3.63, 3.8) is 0 Å². The molecule has 0 unspecified atom stereocenters. The van der Waals surface area contributed by atoms with E-state index in [1.54, 1.807) is 12.1 Å². The van der Waals surface area contributed by atoms with Crippen LogP contribution >= 0.6 is 0 Å². The first kappa shape index (κ1) is 24.9. The quantitative estimate of drug-likeness (QED) is 0.436. The van der Waals surface area contributed by atoms with Crippen molar-refractivity contribution in [3.8, 4) is 17.2 Å². The topological polar surface area (TPSA) is 103 Å². The second kappa shape index (κ2) is 10.9. The van der Waals surface area contributed by atoms with E-state index in [1.807, 2.05) is 38.1 Å². The number of nitrogens with one attached hydrogen (secondary N) is 2. The molecule has 3 rings (SSSR count). The van der Waals surface area contributed by atoms with Crippen LogP contribution in [0.25, 0.3) is 0 Å². The number of benzene rings is 3. The number of hydrogen-bond donors (Lipinski definition) is 2. The minimum absolute atomic E-state index is 0.0265. The molecule has 0 aliphatic carbocycles. The van der Waals surface area contributed by atoms with Crippen LogP contribution in [0.4, 0.5) is 11.4 Å². The lowest BCUT2D eigenvalue weighted by Crippen LogP contribution is -2.32. The summed E-state index contributed by atoms with van der Waals surface area (Å²) in [5, 5.41) is 2.78. The second-order valence-electron chi connectivity index (χ2n) is 7.47. The van der Waals surface area contributed by atoms with Crippen LogP contribution in [0, 0.1) is 6.92 Å². The highest BCUT2D eigenvalue weighted by atomic mass is 32.2. The van der Waals surface area contributed by atoms with E-state index in [1.165, 1.54) is 44.6 Å². The zero-order valence-corrected chi connectivity index (χ0v) is 20.3. The number of rotatable bonds is 10. The van der Waals surface area contributed by atoms with Gasteiger partial charge in [0.05, 0.1) is 24.8 Å². The molecular formula is C25H28N2O6S. The molecular weight excluding hydrogens is 456 g/mol. The van der Waals surface area contributed by atoms with Gasteiger partial charge >= 0.3 is 0 Å². The van der Waals surface area contributed by atoms with Gasteiger partial charge in [-0.2, -0.15) is 0 Å². The second-order valence-corrected chi connectivity index (χ2v) is 9.15. The van der Waals surface area contributed by atoms with E-state index in [9.17, 15) is 13.2 Å². The summed E-state index contributed by atoms with van der Waals surface area (Å²) in [6.45, 7) is 3.77. The third-order valence-corrected chi connectivity index (χ3v) is 6.49. The number of sulfonamides is 1. The fraction of sp³-hybridized carbons (Fsp3) is 0.240. The van der Waals surface area contributed by atoms with Crippen LogP contribution in [0.2, 0.25) is 0 Å². The number of aryl methyl sites for hydroxylation is 1. The Balaban J connectivity index is 1.71. The van der Waals surface area contributed by atoms with Crippen molar-refractivity contribution in [3.05, 3.63) is 72.3 Å². The maximum Gasteiger partial charge on any atom is 0.265 e. The van der Waals surface area contributed by atoms with Crippen LogP contribution in [-0.2, 0) is 14.8 Å². The van der Waals surface area contributed by atoms with Crippen molar-refractivity contribution in [1.82, 2.24) is 0 Å². The van der Waals surface area contributed by atoms with Crippen molar-refractivity contribution in [2.45, 2.75) is 31.3 Å². The molecule has 1 atom stereocenters. The molecule has 0 aromatic heterocycles. The van der Waals surface area contributed by atoms with Gasteiger partial charge in [0.2, 0.25) is 0 Å². The smallest absolute Gasteiger partial charge is 0.265 e. The van der Waals surface area contributed by atoms with Crippen LogP contribution in [0.3, 0.4) is 0 Å². The molecule has 0 aliphatic heterocycles. The summed E-state index contributed by atoms with van der Waals surface area (Å²) in [4.78, 5) is 12.7. The van der Waals surface area contributed by atoms with Crippen LogP contribution in [0.1, 0.15) is 18.9 Å². The monoisotopic (exact) mass is 484 g/mol. The van der Waals surface area contributed by atoms with Gasteiger partial charge in [0.1, 0.15) is 17.2 Å². The first-order valence-electron chi connectivity index (χ1n) is 10.7. The molecule has 180 valence electrons. The zero-order valence-electron chi connectivity index (χ0n) is 19.5. The van der Waals surface area contributed by atoms with Gasteiger partial charge in [0.15, 0.2) is 6.10 Å². The Labute approximate surface area is 199 Å². The Kier molecular flexibility index (Phi) is 8.01. The standard InChI is InChI=1S/C25H28N2O6S/c1-5-22(33-23-9-7-6-8-17(23)2)25(28)26-18-10-13-20(14-11-18)34(29,30)27-21-16-19(31-3)12-15-24(21)32-4/h6-16,22,27H,5H2,1-4H3,(H,26,28)/t22-/m0/s1. The predicted molar refractivity (Wildman–Crippen MR) is 131 cm³/mol. The Hall–Kier alpha value is -3.72. The maximum atomic E-state index is 12.9. The minimum Gasteiger partial charge on any atom is -0.497 e. The molecule has 0 aliphatic rings. The summed E-state index contributed by atoms with van der Waals surface area (Å²) >= 11 is 0. The first-order chi connectivity index (χ1) is 16.3. The SMILES string of the molecule is CC[C@H](Oc1ccccc1C)C(=O)Nc1ccc(S(=O)(=O)Nc2cc(OC)ccc2OC)cc1. The number of anilines is 2. The summed E-state index contributed by atoms with van der Waals surface area (Å²) in [6, 6.07) is 18.2. The van der Waals surface area contributed by atoms with Crippen molar-refractivity contribution < 1.29 is 27.4 Å². The van der Waals surface area contributed by atoms with E-state index in [0.29, 0.717) is 29.4 Å². The van der Waals surface area contributed by atoms with E-state index in [4.69, 9.17) is 14.2 Å². The van der Waals surface area contributed by atoms with Gasteiger partial charge in [0, 0.05) is 11.8 Å². The summed E-state index contributed by atoms with van der Waals surface area (Å²) in [6.07, 6.45) is -0.217. The van der Waals surface area contributed by atoms with Crippen molar-refractivity contribution in [1.29, 1.82) is 0 Å². The highest BCUT2D eigenvalue weighted by Crippen LogP contribution is 2.31. The highest BCUT2D eigenvalue weighted by Gasteiger charge is 2.21. The third kappa shape index (κ3) is 5.99. The van der Waals surface area contributed by atoms with E-state index >= 15 is 0 Å². The lowest BCUT2D eigenvalue weighted by Gasteiger charge is -2.18. The third-order valence-electron chi connectivity index (χ3n) is 5.11. The maximum absolute atomic E-state index is 12.9. The van der Waals surface area contributed by atoms with Crippen molar-refractivity contribution in [2.24, 2.45) is 0 Å². The number of methoxy groups -OCH3 is 2. The zero-order chi connectivity index (χ0) is 24.7. The largest absolute Gasteiger partial charge is 0.497 e. The Morgan fingerprint density at radius 2 is 1.65 bits per heavy atom. The summed E-state index contributed by atoms with van der Waals surface area (Å²) in [7, 11) is -0.969. The molecule has 2 N–H and O–H groups in total. The molecule has 0 saturated heterocycles. The normalized spacial score (nSPS) is 11.9. The van der Waals surface area contributed by atoms with Crippen LogP contribution in [0.15, 0.2) is 71.6 Å². The number of carbonyl (C=O) groups excluding carboxylic acids is 1. The number of amides is 1. The lowest BCUT2D eigenvalue weighted by atomic mass is 10.2. The van der Waals surface area contributed by atoms with E-state index in [-0.39, 0.29) is 16.5 Å². The fourth-order valence-electron chi connectivity index (χ4n) is 3.20. The molecule has 0 bridgehead atoms. The summed E-state index contributed by atoms with van der Waals surface area (Å²) < 4.78 is 44.5. The molecule has 0 heterocycles. The average Bonchev–Trinajstić information content (AvgIpc) is 2.83. The van der Waals surface area contributed by atoms with Crippen LogP contribution in [0.5, 0.6) is 17.2 Å². The average molecular weight is 485 g/mol. The fourth-order valence-corrected chi connectivity index (χ4v) is 4.26. The Bertz CT molecular complexity index is 1240. The molecule has 1 amide bonds. The molecule has 0 spiro atoms. The van der Waals surface area contributed by atoms with Gasteiger partial charge in [-0.05, 0) is 61.4 Å². The van der Waals surface area contributed by atoms with Crippen LogP contribution in [-0.4, -0.2) is 34.6 Å². The lowest BCUT2D eigenvalue weighted by molar-refractivity contribution is -0.122.